The molecule has 1 aromatic rings. The van der Waals surface area contributed by atoms with E-state index in [1.165, 1.54) is 4.90 Å². The summed E-state index contributed by atoms with van der Waals surface area (Å²) >= 11 is 5.97. The SMILES string of the molecule is CCN(CC(=O)Nc1cc(Cl)ccc1C)[C@H]1CC(=O)N(C2CC2)C1=O. The van der Waals surface area contributed by atoms with Crippen LogP contribution >= 0.6 is 11.6 Å². The van der Waals surface area contributed by atoms with Gasteiger partial charge in [0.2, 0.25) is 17.7 Å². The van der Waals surface area contributed by atoms with Gasteiger partial charge in [-0.2, -0.15) is 0 Å². The number of rotatable bonds is 6. The van der Waals surface area contributed by atoms with Crippen molar-refractivity contribution in [1.29, 1.82) is 0 Å². The van der Waals surface area contributed by atoms with Crippen molar-refractivity contribution in [2.24, 2.45) is 0 Å². The van der Waals surface area contributed by atoms with Crippen molar-refractivity contribution >= 4 is 35.0 Å². The summed E-state index contributed by atoms with van der Waals surface area (Å²) in [6.45, 7) is 4.35. The van der Waals surface area contributed by atoms with Crippen LogP contribution in [0.4, 0.5) is 5.69 Å². The van der Waals surface area contributed by atoms with Gasteiger partial charge in [-0.05, 0) is 44.0 Å². The van der Waals surface area contributed by atoms with Crippen molar-refractivity contribution in [3.05, 3.63) is 28.8 Å². The molecule has 1 aromatic carbocycles. The van der Waals surface area contributed by atoms with Gasteiger partial charge in [0, 0.05) is 16.8 Å². The van der Waals surface area contributed by atoms with E-state index in [1.807, 2.05) is 19.9 Å². The summed E-state index contributed by atoms with van der Waals surface area (Å²) in [5.41, 5.74) is 1.56. The van der Waals surface area contributed by atoms with Gasteiger partial charge in [-0.15, -0.1) is 0 Å². The van der Waals surface area contributed by atoms with Crippen molar-refractivity contribution in [2.45, 2.75) is 45.2 Å². The van der Waals surface area contributed by atoms with Crippen LogP contribution in [0, 0.1) is 6.92 Å². The number of carbonyl (C=O) groups is 3. The number of benzene rings is 1. The number of hydrogen-bond donors (Lipinski definition) is 1. The minimum Gasteiger partial charge on any atom is -0.325 e. The summed E-state index contributed by atoms with van der Waals surface area (Å²) in [7, 11) is 0. The lowest BCUT2D eigenvalue weighted by molar-refractivity contribution is -0.140. The molecule has 134 valence electrons. The molecule has 1 heterocycles. The first-order chi connectivity index (χ1) is 11.9. The van der Waals surface area contributed by atoms with Gasteiger partial charge < -0.3 is 5.32 Å². The van der Waals surface area contributed by atoms with E-state index >= 15 is 0 Å². The highest BCUT2D eigenvalue weighted by Crippen LogP contribution is 2.32. The van der Waals surface area contributed by atoms with Gasteiger partial charge in [0.05, 0.1) is 19.0 Å². The van der Waals surface area contributed by atoms with Gasteiger partial charge in [0.1, 0.15) is 0 Å². The van der Waals surface area contributed by atoms with Gasteiger partial charge in [0.15, 0.2) is 0 Å². The van der Waals surface area contributed by atoms with Gasteiger partial charge in [-0.1, -0.05) is 24.6 Å². The number of halogens is 1. The molecular weight excluding hydrogens is 342 g/mol. The Morgan fingerprint density at radius 3 is 2.72 bits per heavy atom. The normalized spacial score (nSPS) is 20.5. The van der Waals surface area contributed by atoms with E-state index in [0.717, 1.165) is 18.4 Å². The van der Waals surface area contributed by atoms with Crippen LogP contribution < -0.4 is 5.32 Å². The fraction of sp³-hybridized carbons (Fsp3) is 0.500. The van der Waals surface area contributed by atoms with E-state index in [4.69, 9.17) is 11.6 Å². The lowest BCUT2D eigenvalue weighted by atomic mass is 10.2. The molecule has 1 N–H and O–H groups in total. The zero-order valence-corrected chi connectivity index (χ0v) is 15.2. The molecule has 25 heavy (non-hydrogen) atoms. The van der Waals surface area contributed by atoms with Crippen LogP contribution in [-0.4, -0.2) is 52.7 Å². The third kappa shape index (κ3) is 3.85. The lowest BCUT2D eigenvalue weighted by Gasteiger charge is -2.25. The minimum absolute atomic E-state index is 0.0602. The lowest BCUT2D eigenvalue weighted by Crippen LogP contribution is -2.45. The monoisotopic (exact) mass is 363 g/mol. The Morgan fingerprint density at radius 2 is 2.08 bits per heavy atom. The number of imide groups is 1. The Kier molecular flexibility index (Phi) is 5.11. The molecule has 1 saturated carbocycles. The molecule has 6 nitrogen and oxygen atoms in total. The quantitative estimate of drug-likeness (QED) is 0.787. The number of amides is 3. The first-order valence-corrected chi connectivity index (χ1v) is 8.94. The molecule has 2 fully saturated rings. The van der Waals surface area contributed by atoms with Crippen molar-refractivity contribution in [3.63, 3.8) is 0 Å². The van der Waals surface area contributed by atoms with Crippen LogP contribution in [0.3, 0.4) is 0 Å². The smallest absolute Gasteiger partial charge is 0.247 e. The van der Waals surface area contributed by atoms with E-state index < -0.39 is 6.04 Å². The second kappa shape index (κ2) is 7.14. The topological polar surface area (TPSA) is 69.7 Å². The molecule has 1 atom stereocenters. The van der Waals surface area contributed by atoms with Crippen molar-refractivity contribution in [1.82, 2.24) is 9.80 Å². The van der Waals surface area contributed by atoms with E-state index in [0.29, 0.717) is 17.3 Å². The van der Waals surface area contributed by atoms with Crippen molar-refractivity contribution in [3.8, 4) is 0 Å². The van der Waals surface area contributed by atoms with Crippen LogP contribution in [0.1, 0.15) is 31.7 Å². The molecule has 0 spiro atoms. The summed E-state index contributed by atoms with van der Waals surface area (Å²) in [6, 6.07) is 4.84. The predicted molar refractivity (Wildman–Crippen MR) is 95.3 cm³/mol. The second-order valence-corrected chi connectivity index (χ2v) is 7.06. The maximum Gasteiger partial charge on any atom is 0.247 e. The Hall–Kier alpha value is -1.92. The van der Waals surface area contributed by atoms with Gasteiger partial charge in [-0.3, -0.25) is 24.2 Å². The Labute approximate surface area is 152 Å². The zero-order chi connectivity index (χ0) is 18.1. The minimum atomic E-state index is -0.538. The van der Waals surface area contributed by atoms with Crippen molar-refractivity contribution < 1.29 is 14.4 Å². The summed E-state index contributed by atoms with van der Waals surface area (Å²) in [5, 5.41) is 3.38. The molecule has 7 heteroatoms. The van der Waals surface area contributed by atoms with E-state index in [2.05, 4.69) is 5.32 Å². The fourth-order valence-corrected chi connectivity index (χ4v) is 3.35. The number of anilines is 1. The number of likely N-dealkylation sites (N-methyl/N-ethyl adjacent to an activating group) is 1. The van der Waals surface area contributed by atoms with Gasteiger partial charge in [-0.25, -0.2) is 0 Å². The number of nitrogens with zero attached hydrogens (tertiary/aromatic N) is 2. The molecule has 0 aromatic heterocycles. The largest absolute Gasteiger partial charge is 0.325 e. The molecule has 0 unspecified atom stereocenters. The molecule has 3 amide bonds. The van der Waals surface area contributed by atoms with Gasteiger partial charge in [0.25, 0.3) is 0 Å². The zero-order valence-electron chi connectivity index (χ0n) is 14.4. The highest BCUT2D eigenvalue weighted by atomic mass is 35.5. The number of carbonyl (C=O) groups excluding carboxylic acids is 3. The summed E-state index contributed by atoms with van der Waals surface area (Å²) in [4.78, 5) is 40.2. The van der Waals surface area contributed by atoms with Crippen LogP contribution in [-0.2, 0) is 14.4 Å². The summed E-state index contributed by atoms with van der Waals surface area (Å²) in [6.07, 6.45) is 1.95. The maximum atomic E-state index is 12.6. The average molecular weight is 364 g/mol. The first-order valence-electron chi connectivity index (χ1n) is 8.56. The van der Waals surface area contributed by atoms with E-state index in [9.17, 15) is 14.4 Å². The number of nitrogens with one attached hydrogen (secondary N) is 1. The average Bonchev–Trinajstić information content (AvgIpc) is 3.34. The highest BCUT2D eigenvalue weighted by Gasteiger charge is 2.47. The number of aryl methyl sites for hydroxylation is 1. The molecule has 3 rings (SSSR count). The number of likely N-dealkylation sites (tertiary alicyclic amines) is 1. The summed E-state index contributed by atoms with van der Waals surface area (Å²) in [5.74, 6) is -0.513. The van der Waals surface area contributed by atoms with E-state index in [-0.39, 0.29) is 36.7 Å². The van der Waals surface area contributed by atoms with Gasteiger partial charge >= 0.3 is 0 Å². The van der Waals surface area contributed by atoms with Crippen LogP contribution in [0.5, 0.6) is 0 Å². The molecule has 1 aliphatic heterocycles. The molecule has 1 aliphatic carbocycles. The van der Waals surface area contributed by atoms with E-state index in [1.54, 1.807) is 17.0 Å². The standard InChI is InChI=1S/C18H22ClN3O3/c1-3-21(15-9-17(24)22(18(15)25)13-6-7-13)10-16(23)20-14-8-12(19)5-4-11(14)2/h4-5,8,13,15H,3,6-7,9-10H2,1-2H3,(H,20,23)/t15-/m0/s1. The second-order valence-electron chi connectivity index (χ2n) is 6.62. The molecule has 0 bridgehead atoms. The Bertz CT molecular complexity index is 718. The fourth-order valence-electron chi connectivity index (χ4n) is 3.18. The van der Waals surface area contributed by atoms with Crippen LogP contribution in [0.2, 0.25) is 5.02 Å². The highest BCUT2D eigenvalue weighted by molar-refractivity contribution is 6.31. The number of hydrogen-bond acceptors (Lipinski definition) is 4. The predicted octanol–water partition coefficient (Wildman–Crippen LogP) is 2.20. The van der Waals surface area contributed by atoms with Crippen LogP contribution in [0.25, 0.3) is 0 Å². The molecule has 2 aliphatic rings. The molecule has 1 saturated heterocycles. The molecule has 0 radical (unpaired) electrons. The third-order valence-electron chi connectivity index (χ3n) is 4.74. The van der Waals surface area contributed by atoms with Crippen molar-refractivity contribution in [2.75, 3.05) is 18.4 Å². The third-order valence-corrected chi connectivity index (χ3v) is 4.97. The first kappa shape index (κ1) is 17.9. The maximum absolute atomic E-state index is 12.6. The Balaban J connectivity index is 1.65. The van der Waals surface area contributed by atoms with Crippen LogP contribution in [0.15, 0.2) is 18.2 Å². The Morgan fingerprint density at radius 1 is 1.36 bits per heavy atom. The summed E-state index contributed by atoms with van der Waals surface area (Å²) < 4.78 is 0. The molecular formula is C18H22ClN3O3.